The summed E-state index contributed by atoms with van der Waals surface area (Å²) < 4.78 is 18.1. The molecule has 2 fully saturated rings. The quantitative estimate of drug-likeness (QED) is 0.0480. The molecule has 0 bridgehead atoms. The highest BCUT2D eigenvalue weighted by Crippen LogP contribution is 2.44. The molecule has 10 atom stereocenters. The summed E-state index contributed by atoms with van der Waals surface area (Å²) >= 11 is 0. The number of hydrogen-bond acceptors (Lipinski definition) is 11. The molecule has 3 aliphatic rings. The van der Waals surface area contributed by atoms with Gasteiger partial charge < -0.3 is 40.0 Å². The molecule has 16 heteroatoms. The summed E-state index contributed by atoms with van der Waals surface area (Å²) in [5.74, 6) is -3.17. The number of methoxy groups -OCH3 is 2. The number of nitrogens with zero attached hydrogens (tertiary/aromatic N) is 2. The number of likely N-dealkylation sites (N-methyl/N-ethyl adjacent to an activating group) is 1. The lowest BCUT2D eigenvalue weighted by Crippen LogP contribution is -2.55. The molecule has 3 aromatic carbocycles. The van der Waals surface area contributed by atoms with E-state index in [1.807, 2.05) is 101 Å². The number of benzene rings is 3. The SMILES string of the molecule is CC[C@H](C)[C@@H]([C@@H](CC(=O)N1CCC[C@H]1[C@H](OC)[C@@H](C)C(=O)C[C@@H](Cc1ccccc1)C(=O)NCCCC(=O)CCCCC[C@@H]1CC(=O)N[C@@H]1C)OC)N(C)C(=O)[C@@H](CC(=O)C(C)(C)NC(=O)OCC1c2ccccc2-c2ccccc21)C(C)C. The monoisotopic (exact) mass is 1160 g/mol. The number of carbonyl (C=O) groups is 8. The Hall–Kier alpha value is -6.26. The summed E-state index contributed by atoms with van der Waals surface area (Å²) in [6.45, 7) is 15.8. The van der Waals surface area contributed by atoms with Gasteiger partial charge in [-0.2, -0.15) is 0 Å². The number of fused-ring (bicyclic) bond motifs is 3. The van der Waals surface area contributed by atoms with Crippen molar-refractivity contribution in [2.75, 3.05) is 41.0 Å². The Labute approximate surface area is 500 Å². The highest BCUT2D eigenvalue weighted by Gasteiger charge is 2.44. The number of alkyl carbamates (subject to hydrolysis) is 1. The van der Waals surface area contributed by atoms with Gasteiger partial charge >= 0.3 is 6.09 Å². The Kier molecular flexibility index (Phi) is 25.3. The van der Waals surface area contributed by atoms with Gasteiger partial charge in [0.05, 0.1) is 36.3 Å². The molecule has 84 heavy (non-hydrogen) atoms. The largest absolute Gasteiger partial charge is 0.449 e. The zero-order valence-corrected chi connectivity index (χ0v) is 52.0. The van der Waals surface area contributed by atoms with Crippen molar-refractivity contribution in [2.24, 2.45) is 35.5 Å². The molecule has 3 aromatic rings. The Balaban J connectivity index is 1.03. The van der Waals surface area contributed by atoms with Crippen molar-refractivity contribution in [1.82, 2.24) is 25.8 Å². The molecule has 16 nitrogen and oxygen atoms in total. The summed E-state index contributed by atoms with van der Waals surface area (Å²) in [4.78, 5) is 113. The first-order chi connectivity index (χ1) is 40.1. The van der Waals surface area contributed by atoms with Gasteiger partial charge in [-0.15, -0.1) is 0 Å². The second-order valence-electron chi connectivity index (χ2n) is 25.1. The number of likely N-dealkylation sites (tertiary alicyclic amines) is 1. The third-order valence-corrected chi connectivity index (χ3v) is 18.5. The number of rotatable bonds is 34. The minimum absolute atomic E-state index is 0.0382. The van der Waals surface area contributed by atoms with Crippen molar-refractivity contribution in [1.29, 1.82) is 0 Å². The van der Waals surface area contributed by atoms with Crippen LogP contribution >= 0.6 is 0 Å². The number of nitrogens with one attached hydrogen (secondary N) is 3. The first kappa shape index (κ1) is 66.9. The van der Waals surface area contributed by atoms with Crippen molar-refractivity contribution in [2.45, 2.75) is 193 Å². The van der Waals surface area contributed by atoms with Crippen LogP contribution in [0, 0.1) is 35.5 Å². The van der Waals surface area contributed by atoms with Crippen molar-refractivity contribution >= 4 is 47.1 Å². The second-order valence-corrected chi connectivity index (χ2v) is 25.1. The molecule has 2 heterocycles. The van der Waals surface area contributed by atoms with Gasteiger partial charge in [0.15, 0.2) is 5.78 Å². The molecule has 0 saturated carbocycles. The lowest BCUT2D eigenvalue weighted by Gasteiger charge is -2.41. The smallest absolute Gasteiger partial charge is 0.407 e. The predicted molar refractivity (Wildman–Crippen MR) is 326 cm³/mol. The molecule has 0 unspecified atom stereocenters. The van der Waals surface area contributed by atoms with Crippen molar-refractivity contribution in [3.8, 4) is 11.1 Å². The molecule has 2 saturated heterocycles. The number of unbranched alkanes of at least 4 members (excludes halogenated alkanes) is 2. The maximum absolute atomic E-state index is 14.8. The molecular formula is C68H97N5O11. The Morgan fingerprint density at radius 3 is 2.06 bits per heavy atom. The van der Waals surface area contributed by atoms with Crippen LogP contribution in [0.1, 0.15) is 168 Å². The van der Waals surface area contributed by atoms with Gasteiger partial charge in [-0.25, -0.2) is 4.79 Å². The van der Waals surface area contributed by atoms with Crippen LogP contribution in [-0.4, -0.2) is 134 Å². The van der Waals surface area contributed by atoms with E-state index in [2.05, 4.69) is 28.1 Å². The maximum atomic E-state index is 14.8. The molecular weight excluding hydrogens is 1060 g/mol. The van der Waals surface area contributed by atoms with Crippen LogP contribution in [0.5, 0.6) is 0 Å². The number of carbonyl (C=O) groups excluding carboxylic acids is 8. The minimum Gasteiger partial charge on any atom is -0.449 e. The Bertz CT molecular complexity index is 2670. The molecule has 3 N–H and O–H groups in total. The van der Waals surface area contributed by atoms with Gasteiger partial charge in [0.2, 0.25) is 23.6 Å². The molecule has 2 aliphatic heterocycles. The summed E-state index contributed by atoms with van der Waals surface area (Å²) in [6.07, 6.45) is 5.59. The number of ether oxygens (including phenoxy) is 3. The van der Waals surface area contributed by atoms with E-state index in [0.29, 0.717) is 70.4 Å². The van der Waals surface area contributed by atoms with Crippen LogP contribution in [-0.2, 0) is 54.2 Å². The normalized spacial score (nSPS) is 19.3. The van der Waals surface area contributed by atoms with Crippen molar-refractivity contribution < 1.29 is 52.6 Å². The standard InChI is InChI=1S/C68H97N5O11/c1-12-44(4)63(72(9)66(80)55(43(2)3)40-60(76)68(7,8)71-67(81)84-42-56-53-32-21-19-30-51(53)52-31-20-22-33-54(52)56)59(82-10)41-62(78)73-36-24-34-57(73)64(83-11)45(5)58(75)38-49(37-47-25-15-13-16-26-47)65(79)69-35-23-29-50(74)28-18-14-17-27-48-39-61(77)70-46(48)6/h13,15-16,19-22,25-26,30-33,43-46,48-49,55-57,59,63-64H,12,14,17-18,23-24,27-29,34-42H2,1-11H3,(H,69,79)(H,70,77)(H,71,81)/t44-,45-,46+,48+,49+,55-,57-,59+,63-,64+/m0/s1. The highest BCUT2D eigenvalue weighted by molar-refractivity contribution is 5.94. The van der Waals surface area contributed by atoms with E-state index in [1.54, 1.807) is 51.8 Å². The third kappa shape index (κ3) is 17.7. The molecule has 460 valence electrons. The van der Waals surface area contributed by atoms with Gasteiger partial charge in [0, 0.05) is 96.2 Å². The number of hydrogen-bond donors (Lipinski definition) is 3. The van der Waals surface area contributed by atoms with Crippen LogP contribution in [0.25, 0.3) is 11.1 Å². The fraction of sp³-hybridized carbons (Fsp3) is 0.618. The van der Waals surface area contributed by atoms with Crippen LogP contribution in [0.4, 0.5) is 4.79 Å². The Morgan fingerprint density at radius 1 is 0.810 bits per heavy atom. The zero-order chi connectivity index (χ0) is 61.3. The number of amides is 5. The minimum atomic E-state index is -1.36. The molecule has 0 spiro atoms. The van der Waals surface area contributed by atoms with Gasteiger partial charge in [-0.1, -0.05) is 133 Å². The van der Waals surface area contributed by atoms with E-state index in [4.69, 9.17) is 14.2 Å². The zero-order valence-electron chi connectivity index (χ0n) is 52.0. The summed E-state index contributed by atoms with van der Waals surface area (Å²) in [6, 6.07) is 24.9. The van der Waals surface area contributed by atoms with E-state index in [-0.39, 0.29) is 90.6 Å². The number of Topliss-reactive ketones (excluding diaryl/α,β-unsaturated/α-hetero) is 3. The highest BCUT2D eigenvalue weighted by atomic mass is 16.5. The average Bonchev–Trinajstić information content (AvgIpc) is 2.51. The maximum Gasteiger partial charge on any atom is 0.407 e. The van der Waals surface area contributed by atoms with Crippen LogP contribution in [0.3, 0.4) is 0 Å². The lowest BCUT2D eigenvalue weighted by atomic mass is 9.83. The van der Waals surface area contributed by atoms with E-state index in [9.17, 15) is 38.4 Å². The van der Waals surface area contributed by atoms with Crippen LogP contribution in [0.15, 0.2) is 78.9 Å². The van der Waals surface area contributed by atoms with Gasteiger partial charge in [0.1, 0.15) is 18.2 Å². The Morgan fingerprint density at radius 2 is 1.45 bits per heavy atom. The van der Waals surface area contributed by atoms with E-state index in [1.165, 1.54) is 0 Å². The van der Waals surface area contributed by atoms with Crippen LogP contribution < -0.4 is 16.0 Å². The molecule has 0 aromatic heterocycles. The fourth-order valence-electron chi connectivity index (χ4n) is 13.1. The number of ketones is 3. The second kappa shape index (κ2) is 31.8. The van der Waals surface area contributed by atoms with Crippen molar-refractivity contribution in [3.05, 3.63) is 95.6 Å². The van der Waals surface area contributed by atoms with Crippen molar-refractivity contribution in [3.63, 3.8) is 0 Å². The fourth-order valence-corrected chi connectivity index (χ4v) is 13.1. The molecule has 6 rings (SSSR count). The van der Waals surface area contributed by atoms with E-state index in [0.717, 1.165) is 53.5 Å². The van der Waals surface area contributed by atoms with E-state index >= 15 is 0 Å². The first-order valence-corrected chi connectivity index (χ1v) is 31.0. The van der Waals surface area contributed by atoms with Gasteiger partial charge in [-0.05, 0) is 105 Å². The topological polar surface area (TPSA) is 207 Å². The first-order valence-electron chi connectivity index (χ1n) is 31.0. The van der Waals surface area contributed by atoms with Crippen LogP contribution in [0.2, 0.25) is 0 Å². The summed E-state index contributed by atoms with van der Waals surface area (Å²) in [5.41, 5.74) is 3.92. The molecule has 0 radical (unpaired) electrons. The lowest BCUT2D eigenvalue weighted by molar-refractivity contribution is -0.149. The molecule has 5 amide bonds. The summed E-state index contributed by atoms with van der Waals surface area (Å²) in [5, 5.41) is 8.77. The van der Waals surface area contributed by atoms with Gasteiger partial charge in [0.25, 0.3) is 0 Å². The van der Waals surface area contributed by atoms with E-state index < -0.39 is 53.7 Å². The van der Waals surface area contributed by atoms with Gasteiger partial charge in [-0.3, -0.25) is 33.6 Å². The average molecular weight is 1160 g/mol. The summed E-state index contributed by atoms with van der Waals surface area (Å²) in [7, 11) is 4.80. The third-order valence-electron chi connectivity index (χ3n) is 18.5. The predicted octanol–water partition coefficient (Wildman–Crippen LogP) is 10.2. The molecule has 1 aliphatic carbocycles.